The van der Waals surface area contributed by atoms with Crippen molar-refractivity contribution in [1.29, 1.82) is 0 Å². The summed E-state index contributed by atoms with van der Waals surface area (Å²) in [5, 5.41) is 0. The Morgan fingerprint density at radius 3 is 2.77 bits per heavy atom. The molecule has 0 radical (unpaired) electrons. The fraction of sp³-hybridized carbons (Fsp3) is 0.500. The Balaban J connectivity index is 3.21. The molecular formula is C10H16N2O. The Bertz CT molecular complexity index is 262. The summed E-state index contributed by atoms with van der Waals surface area (Å²) in [6, 6.07) is 1.82. The lowest BCUT2D eigenvalue weighted by Crippen LogP contribution is -2.11. The first-order valence-electron chi connectivity index (χ1n) is 4.48. The molecule has 1 atom stereocenters. The minimum absolute atomic E-state index is 0.0291. The Kier molecular flexibility index (Phi) is 3.25. The molecule has 0 aromatic carbocycles. The second-order valence-electron chi connectivity index (χ2n) is 3.02. The second kappa shape index (κ2) is 4.23. The SMILES string of the molecule is CCc1nccc(OC)c1C(C)N. The smallest absolute Gasteiger partial charge is 0.126 e. The minimum Gasteiger partial charge on any atom is -0.496 e. The van der Waals surface area contributed by atoms with E-state index >= 15 is 0 Å². The fourth-order valence-corrected chi connectivity index (χ4v) is 1.44. The molecule has 0 saturated carbocycles. The molecule has 1 heterocycles. The molecule has 72 valence electrons. The van der Waals surface area contributed by atoms with Gasteiger partial charge in [-0.15, -0.1) is 0 Å². The third kappa shape index (κ3) is 1.98. The molecule has 0 bridgehead atoms. The zero-order chi connectivity index (χ0) is 9.84. The van der Waals surface area contributed by atoms with Gasteiger partial charge in [-0.3, -0.25) is 4.98 Å². The van der Waals surface area contributed by atoms with Crippen molar-refractivity contribution in [3.63, 3.8) is 0 Å². The van der Waals surface area contributed by atoms with Gasteiger partial charge < -0.3 is 10.5 Å². The van der Waals surface area contributed by atoms with Crippen molar-refractivity contribution < 1.29 is 4.74 Å². The summed E-state index contributed by atoms with van der Waals surface area (Å²) in [4.78, 5) is 4.27. The highest BCUT2D eigenvalue weighted by atomic mass is 16.5. The number of nitrogens with zero attached hydrogens (tertiary/aromatic N) is 1. The Morgan fingerprint density at radius 2 is 2.31 bits per heavy atom. The monoisotopic (exact) mass is 180 g/mol. The molecule has 1 rings (SSSR count). The average molecular weight is 180 g/mol. The normalized spacial score (nSPS) is 12.6. The van der Waals surface area contributed by atoms with Gasteiger partial charge >= 0.3 is 0 Å². The van der Waals surface area contributed by atoms with E-state index in [1.165, 1.54) is 0 Å². The van der Waals surface area contributed by atoms with Gasteiger partial charge in [0.2, 0.25) is 0 Å². The summed E-state index contributed by atoms with van der Waals surface area (Å²) in [5.74, 6) is 0.835. The van der Waals surface area contributed by atoms with Crippen LogP contribution in [0.5, 0.6) is 5.75 Å². The summed E-state index contributed by atoms with van der Waals surface area (Å²) in [6.07, 6.45) is 2.64. The van der Waals surface area contributed by atoms with Crippen LogP contribution in [0.15, 0.2) is 12.3 Å². The van der Waals surface area contributed by atoms with Crippen LogP contribution in [0.25, 0.3) is 0 Å². The van der Waals surface area contributed by atoms with E-state index in [-0.39, 0.29) is 6.04 Å². The number of aromatic nitrogens is 1. The first kappa shape index (κ1) is 9.99. The van der Waals surface area contributed by atoms with Gasteiger partial charge in [-0.1, -0.05) is 6.92 Å². The summed E-state index contributed by atoms with van der Waals surface area (Å²) in [6.45, 7) is 4.01. The number of methoxy groups -OCH3 is 1. The number of nitrogens with two attached hydrogens (primary N) is 1. The third-order valence-electron chi connectivity index (χ3n) is 2.04. The van der Waals surface area contributed by atoms with Crippen molar-refractivity contribution in [3.05, 3.63) is 23.5 Å². The van der Waals surface area contributed by atoms with Gasteiger partial charge in [-0.05, 0) is 19.4 Å². The number of ether oxygens (including phenoxy) is 1. The molecule has 3 heteroatoms. The summed E-state index contributed by atoms with van der Waals surface area (Å²) < 4.78 is 5.23. The lowest BCUT2D eigenvalue weighted by atomic mass is 10.0. The van der Waals surface area contributed by atoms with Crippen LogP contribution in [0.1, 0.15) is 31.1 Å². The highest BCUT2D eigenvalue weighted by Gasteiger charge is 2.12. The summed E-state index contributed by atoms with van der Waals surface area (Å²) in [5.41, 5.74) is 7.89. The topological polar surface area (TPSA) is 48.1 Å². The lowest BCUT2D eigenvalue weighted by molar-refractivity contribution is 0.405. The van der Waals surface area contributed by atoms with Crippen LogP contribution in [-0.4, -0.2) is 12.1 Å². The third-order valence-corrected chi connectivity index (χ3v) is 2.04. The molecule has 3 nitrogen and oxygen atoms in total. The van der Waals surface area contributed by atoms with Crippen LogP contribution in [-0.2, 0) is 6.42 Å². The van der Waals surface area contributed by atoms with Crippen LogP contribution in [0.4, 0.5) is 0 Å². The van der Waals surface area contributed by atoms with Crippen molar-refractivity contribution in [2.75, 3.05) is 7.11 Å². The molecule has 13 heavy (non-hydrogen) atoms. The molecule has 1 aromatic rings. The van der Waals surface area contributed by atoms with E-state index in [4.69, 9.17) is 10.5 Å². The Hall–Kier alpha value is -1.09. The maximum Gasteiger partial charge on any atom is 0.126 e. The van der Waals surface area contributed by atoms with Gasteiger partial charge in [0.1, 0.15) is 5.75 Å². The molecule has 1 unspecified atom stereocenters. The molecule has 0 saturated heterocycles. The predicted octanol–water partition coefficient (Wildman–Crippen LogP) is 1.67. The zero-order valence-electron chi connectivity index (χ0n) is 8.37. The predicted molar refractivity (Wildman–Crippen MR) is 52.8 cm³/mol. The van der Waals surface area contributed by atoms with E-state index in [0.29, 0.717) is 0 Å². The van der Waals surface area contributed by atoms with Crippen LogP contribution in [0, 0.1) is 0 Å². The van der Waals surface area contributed by atoms with E-state index in [2.05, 4.69) is 11.9 Å². The largest absolute Gasteiger partial charge is 0.496 e. The molecule has 0 aliphatic carbocycles. The molecule has 2 N–H and O–H groups in total. The molecule has 0 spiro atoms. The van der Waals surface area contributed by atoms with E-state index in [9.17, 15) is 0 Å². The van der Waals surface area contributed by atoms with E-state index in [0.717, 1.165) is 23.4 Å². The van der Waals surface area contributed by atoms with Crippen LogP contribution in [0.2, 0.25) is 0 Å². The maximum atomic E-state index is 5.85. The second-order valence-corrected chi connectivity index (χ2v) is 3.02. The molecule has 1 aromatic heterocycles. The number of aryl methyl sites for hydroxylation is 1. The summed E-state index contributed by atoms with van der Waals surface area (Å²) >= 11 is 0. The fourth-order valence-electron chi connectivity index (χ4n) is 1.44. The molecular weight excluding hydrogens is 164 g/mol. The maximum absolute atomic E-state index is 5.85. The number of hydrogen-bond donors (Lipinski definition) is 1. The minimum atomic E-state index is -0.0291. The van der Waals surface area contributed by atoms with Gasteiger partial charge in [0.15, 0.2) is 0 Å². The first-order valence-corrected chi connectivity index (χ1v) is 4.48. The Morgan fingerprint density at radius 1 is 1.62 bits per heavy atom. The number of hydrogen-bond acceptors (Lipinski definition) is 3. The van der Waals surface area contributed by atoms with Crippen molar-refractivity contribution in [2.45, 2.75) is 26.3 Å². The standard InChI is InChI=1S/C10H16N2O/c1-4-8-10(7(2)11)9(13-3)5-6-12-8/h5-7H,4,11H2,1-3H3. The van der Waals surface area contributed by atoms with Gasteiger partial charge in [0.25, 0.3) is 0 Å². The quantitative estimate of drug-likeness (QED) is 0.769. The van der Waals surface area contributed by atoms with Crippen molar-refractivity contribution >= 4 is 0 Å². The van der Waals surface area contributed by atoms with Gasteiger partial charge in [-0.2, -0.15) is 0 Å². The zero-order valence-corrected chi connectivity index (χ0v) is 8.37. The van der Waals surface area contributed by atoms with Gasteiger partial charge in [0.05, 0.1) is 7.11 Å². The molecule has 0 fully saturated rings. The van der Waals surface area contributed by atoms with Crippen LogP contribution in [0.3, 0.4) is 0 Å². The molecule has 0 amide bonds. The highest BCUT2D eigenvalue weighted by molar-refractivity contribution is 5.38. The van der Waals surface area contributed by atoms with Crippen molar-refractivity contribution in [2.24, 2.45) is 5.73 Å². The first-order chi connectivity index (χ1) is 6.20. The van der Waals surface area contributed by atoms with E-state index in [1.54, 1.807) is 13.3 Å². The van der Waals surface area contributed by atoms with Gasteiger partial charge in [-0.25, -0.2) is 0 Å². The van der Waals surface area contributed by atoms with Crippen LogP contribution >= 0.6 is 0 Å². The van der Waals surface area contributed by atoms with Crippen LogP contribution < -0.4 is 10.5 Å². The average Bonchev–Trinajstić information content (AvgIpc) is 2.16. The highest BCUT2D eigenvalue weighted by Crippen LogP contribution is 2.25. The van der Waals surface area contributed by atoms with E-state index in [1.807, 2.05) is 13.0 Å². The molecule has 0 aliphatic heterocycles. The van der Waals surface area contributed by atoms with Crippen molar-refractivity contribution in [1.82, 2.24) is 4.98 Å². The number of pyridine rings is 1. The number of rotatable bonds is 3. The van der Waals surface area contributed by atoms with E-state index < -0.39 is 0 Å². The lowest BCUT2D eigenvalue weighted by Gasteiger charge is -2.14. The molecule has 0 aliphatic rings. The summed E-state index contributed by atoms with van der Waals surface area (Å²) in [7, 11) is 1.65. The van der Waals surface area contributed by atoms with Gasteiger partial charge in [0, 0.05) is 23.5 Å². The Labute approximate surface area is 78.9 Å². The van der Waals surface area contributed by atoms with Crippen molar-refractivity contribution in [3.8, 4) is 5.75 Å².